The maximum absolute atomic E-state index is 13.1. The van der Waals surface area contributed by atoms with Gasteiger partial charge in [-0.25, -0.2) is 4.98 Å². The van der Waals surface area contributed by atoms with E-state index in [4.69, 9.17) is 9.15 Å². The summed E-state index contributed by atoms with van der Waals surface area (Å²) in [5.41, 5.74) is 0.617. The third-order valence-electron chi connectivity index (χ3n) is 6.55. The number of aryl methyl sites for hydroxylation is 1. The summed E-state index contributed by atoms with van der Waals surface area (Å²) in [6.07, 6.45) is 6.27. The first kappa shape index (κ1) is 20.3. The Bertz CT molecular complexity index is 711. The summed E-state index contributed by atoms with van der Waals surface area (Å²) in [7, 11) is 0. The molecule has 1 atom stereocenters. The van der Waals surface area contributed by atoms with Crippen LogP contribution in [0.1, 0.15) is 48.4 Å². The summed E-state index contributed by atoms with van der Waals surface area (Å²) in [5.74, 6) is 0.662. The Hall–Kier alpha value is -1.93. The van der Waals surface area contributed by atoms with E-state index >= 15 is 0 Å². The zero-order valence-electron chi connectivity index (χ0n) is 17.3. The largest absolute Gasteiger partial charge is 0.438 e. The van der Waals surface area contributed by atoms with Crippen LogP contribution in [0.4, 0.5) is 0 Å². The van der Waals surface area contributed by atoms with Crippen molar-refractivity contribution in [1.29, 1.82) is 0 Å². The Balaban J connectivity index is 1.36. The molecule has 29 heavy (non-hydrogen) atoms. The van der Waals surface area contributed by atoms with E-state index in [2.05, 4.69) is 14.8 Å². The van der Waals surface area contributed by atoms with Gasteiger partial charge in [-0.05, 0) is 32.6 Å². The summed E-state index contributed by atoms with van der Waals surface area (Å²) in [5, 5.41) is 0. The first-order valence-electron chi connectivity index (χ1n) is 10.9. The minimum Gasteiger partial charge on any atom is -0.438 e. The number of amides is 2. The number of carbonyl (C=O) groups excluding carboxylic acids is 2. The van der Waals surface area contributed by atoms with Crippen LogP contribution in [-0.4, -0.2) is 90.0 Å². The monoisotopic (exact) mass is 404 g/mol. The fourth-order valence-electron chi connectivity index (χ4n) is 4.48. The third kappa shape index (κ3) is 4.64. The van der Waals surface area contributed by atoms with E-state index in [0.717, 1.165) is 71.5 Å². The average molecular weight is 405 g/mol. The molecular formula is C21H32N4O4. The van der Waals surface area contributed by atoms with Crippen LogP contribution in [0.15, 0.2) is 10.8 Å². The molecule has 4 rings (SSSR count). The summed E-state index contributed by atoms with van der Waals surface area (Å²) in [4.78, 5) is 36.2. The van der Waals surface area contributed by atoms with Crippen molar-refractivity contribution in [1.82, 2.24) is 19.7 Å². The smallest absolute Gasteiger partial charge is 0.291 e. The normalized spacial score (nSPS) is 23.2. The highest BCUT2D eigenvalue weighted by molar-refractivity contribution is 5.92. The molecule has 0 aromatic carbocycles. The number of nitrogens with zero attached hydrogens (tertiary/aromatic N) is 4. The van der Waals surface area contributed by atoms with Gasteiger partial charge in [0.1, 0.15) is 0 Å². The molecule has 1 aromatic rings. The summed E-state index contributed by atoms with van der Waals surface area (Å²) >= 11 is 0. The van der Waals surface area contributed by atoms with Gasteiger partial charge in [0.15, 0.2) is 6.39 Å². The molecule has 1 aromatic heterocycles. The zero-order chi connectivity index (χ0) is 20.2. The number of oxazole rings is 1. The van der Waals surface area contributed by atoms with Crippen LogP contribution in [0.5, 0.6) is 0 Å². The van der Waals surface area contributed by atoms with Crippen molar-refractivity contribution in [2.45, 2.75) is 45.1 Å². The molecular weight excluding hydrogens is 372 g/mol. The fourth-order valence-corrected chi connectivity index (χ4v) is 4.48. The van der Waals surface area contributed by atoms with Gasteiger partial charge in [-0.1, -0.05) is 6.42 Å². The van der Waals surface area contributed by atoms with Gasteiger partial charge in [0.2, 0.25) is 11.7 Å². The van der Waals surface area contributed by atoms with Gasteiger partial charge in [-0.3, -0.25) is 14.5 Å². The Morgan fingerprint density at radius 1 is 1.21 bits per heavy atom. The molecule has 0 spiro atoms. The van der Waals surface area contributed by atoms with Crippen molar-refractivity contribution >= 4 is 11.8 Å². The number of hydrogen-bond donors (Lipinski definition) is 0. The van der Waals surface area contributed by atoms with Gasteiger partial charge >= 0.3 is 0 Å². The second kappa shape index (κ2) is 9.26. The Morgan fingerprint density at radius 2 is 2.00 bits per heavy atom. The lowest BCUT2D eigenvalue weighted by atomic mass is 9.84. The molecule has 1 saturated carbocycles. The molecule has 3 aliphatic rings. The molecule has 0 radical (unpaired) electrons. The first-order valence-corrected chi connectivity index (χ1v) is 10.9. The lowest BCUT2D eigenvalue weighted by Gasteiger charge is -2.36. The Morgan fingerprint density at radius 3 is 2.66 bits per heavy atom. The molecule has 1 unspecified atom stereocenters. The maximum Gasteiger partial charge on any atom is 0.291 e. The molecule has 160 valence electrons. The van der Waals surface area contributed by atoms with Crippen LogP contribution in [0.3, 0.4) is 0 Å². The number of morpholine rings is 1. The fraction of sp³-hybridized carbons (Fsp3) is 0.762. The van der Waals surface area contributed by atoms with Crippen molar-refractivity contribution in [3.63, 3.8) is 0 Å². The van der Waals surface area contributed by atoms with Crippen LogP contribution in [0.25, 0.3) is 0 Å². The van der Waals surface area contributed by atoms with Gasteiger partial charge in [-0.15, -0.1) is 0 Å². The van der Waals surface area contributed by atoms with E-state index in [1.807, 2.05) is 0 Å². The number of carbonyl (C=O) groups is 2. The summed E-state index contributed by atoms with van der Waals surface area (Å²) in [6.45, 7) is 8.30. The zero-order valence-corrected chi connectivity index (χ0v) is 17.3. The van der Waals surface area contributed by atoms with Crippen molar-refractivity contribution in [2.24, 2.45) is 5.92 Å². The number of likely N-dealkylation sites (tertiary alicyclic amines) is 1. The minimum absolute atomic E-state index is 0.0972. The van der Waals surface area contributed by atoms with Gasteiger partial charge in [0.05, 0.1) is 24.9 Å². The maximum atomic E-state index is 13.1. The van der Waals surface area contributed by atoms with Crippen LogP contribution >= 0.6 is 0 Å². The van der Waals surface area contributed by atoms with Crippen molar-refractivity contribution in [3.05, 3.63) is 17.8 Å². The predicted octanol–water partition coefficient (Wildman–Crippen LogP) is 1.55. The molecule has 2 amide bonds. The molecule has 3 fully saturated rings. The SMILES string of the molecule is Cc1ncoc1C(=O)N1CCC(N(CCCN2CCOCC2)C(=O)C2CCC2)C1. The highest BCUT2D eigenvalue weighted by Gasteiger charge is 2.38. The Kier molecular flexibility index (Phi) is 6.50. The van der Waals surface area contributed by atoms with Gasteiger partial charge in [-0.2, -0.15) is 0 Å². The first-order chi connectivity index (χ1) is 14.1. The summed E-state index contributed by atoms with van der Waals surface area (Å²) in [6, 6.07) is 0.0972. The Labute approximate surface area is 172 Å². The molecule has 2 aliphatic heterocycles. The molecule has 8 heteroatoms. The second-order valence-electron chi connectivity index (χ2n) is 8.43. The van der Waals surface area contributed by atoms with Crippen molar-refractivity contribution in [3.8, 4) is 0 Å². The van der Waals surface area contributed by atoms with E-state index in [1.165, 1.54) is 6.39 Å². The number of aromatic nitrogens is 1. The molecule has 0 bridgehead atoms. The second-order valence-corrected chi connectivity index (χ2v) is 8.43. The molecule has 1 aliphatic carbocycles. The van der Waals surface area contributed by atoms with Gasteiger partial charge < -0.3 is 19.0 Å². The summed E-state index contributed by atoms with van der Waals surface area (Å²) < 4.78 is 10.7. The van der Waals surface area contributed by atoms with Gasteiger partial charge in [0.25, 0.3) is 5.91 Å². The van der Waals surface area contributed by atoms with E-state index < -0.39 is 0 Å². The van der Waals surface area contributed by atoms with Crippen LogP contribution in [-0.2, 0) is 9.53 Å². The standard InChI is InChI=1S/C21H32N4O4/c1-16-19(29-15-22-16)21(27)24-9-6-18(14-24)25(20(26)17-4-2-5-17)8-3-7-23-10-12-28-13-11-23/h15,17-18H,2-14H2,1H3. The van der Waals surface area contributed by atoms with E-state index in [1.54, 1.807) is 11.8 Å². The lowest BCUT2D eigenvalue weighted by Crippen LogP contribution is -2.48. The number of rotatable bonds is 7. The topological polar surface area (TPSA) is 79.1 Å². The van der Waals surface area contributed by atoms with Crippen LogP contribution < -0.4 is 0 Å². The molecule has 2 saturated heterocycles. The highest BCUT2D eigenvalue weighted by Crippen LogP contribution is 2.30. The molecule has 8 nitrogen and oxygen atoms in total. The average Bonchev–Trinajstić information content (AvgIpc) is 3.33. The predicted molar refractivity (Wildman–Crippen MR) is 106 cm³/mol. The van der Waals surface area contributed by atoms with E-state index in [-0.39, 0.29) is 23.8 Å². The van der Waals surface area contributed by atoms with Crippen molar-refractivity contribution < 1.29 is 18.7 Å². The minimum atomic E-state index is -0.119. The third-order valence-corrected chi connectivity index (χ3v) is 6.55. The van der Waals surface area contributed by atoms with E-state index in [0.29, 0.717) is 24.5 Å². The van der Waals surface area contributed by atoms with Crippen LogP contribution in [0.2, 0.25) is 0 Å². The lowest BCUT2D eigenvalue weighted by molar-refractivity contribution is -0.140. The molecule has 0 N–H and O–H groups in total. The molecule has 3 heterocycles. The van der Waals surface area contributed by atoms with Crippen LogP contribution in [0, 0.1) is 12.8 Å². The quantitative estimate of drug-likeness (QED) is 0.686. The van der Waals surface area contributed by atoms with Gasteiger partial charge in [0, 0.05) is 45.2 Å². The number of hydrogen-bond acceptors (Lipinski definition) is 6. The number of ether oxygens (including phenoxy) is 1. The van der Waals surface area contributed by atoms with Crippen molar-refractivity contribution in [2.75, 3.05) is 52.5 Å². The highest BCUT2D eigenvalue weighted by atomic mass is 16.5. The van der Waals surface area contributed by atoms with E-state index in [9.17, 15) is 9.59 Å².